The lowest BCUT2D eigenvalue weighted by atomic mass is 9.90. The molecule has 3 aliphatic rings. The Balaban J connectivity index is 1.16. The lowest BCUT2D eigenvalue weighted by molar-refractivity contribution is -0.148. The van der Waals surface area contributed by atoms with Gasteiger partial charge in [0, 0.05) is 12.1 Å². The second kappa shape index (κ2) is 8.73. The van der Waals surface area contributed by atoms with Gasteiger partial charge in [-0.25, -0.2) is 4.39 Å². The summed E-state index contributed by atoms with van der Waals surface area (Å²) in [4.78, 5) is 13.5. The molecule has 1 amide bonds. The second-order valence-electron chi connectivity index (χ2n) is 8.91. The number of hydrogen-bond donors (Lipinski definition) is 1. The molecule has 0 bridgehead atoms. The van der Waals surface area contributed by atoms with Crippen LogP contribution in [0.2, 0.25) is 0 Å². The molecule has 4 nitrogen and oxygen atoms in total. The zero-order valence-corrected chi connectivity index (χ0v) is 16.9. The van der Waals surface area contributed by atoms with E-state index in [1.165, 1.54) is 17.0 Å². The number of likely N-dealkylation sites (tertiary alicyclic amines) is 1. The predicted molar refractivity (Wildman–Crippen MR) is 104 cm³/mol. The third-order valence-electron chi connectivity index (χ3n) is 6.47. The topological polar surface area (TPSA) is 41.6 Å². The Labute approximate surface area is 173 Å². The third-order valence-corrected chi connectivity index (χ3v) is 6.47. The molecule has 30 heavy (non-hydrogen) atoms. The van der Waals surface area contributed by atoms with Gasteiger partial charge in [-0.15, -0.1) is 0 Å². The smallest absolute Gasteiger partial charge is 0.401 e. The van der Waals surface area contributed by atoms with Gasteiger partial charge in [0.1, 0.15) is 11.6 Å². The first-order valence-electron chi connectivity index (χ1n) is 10.8. The van der Waals surface area contributed by atoms with Crippen molar-refractivity contribution in [2.24, 2.45) is 17.8 Å². The van der Waals surface area contributed by atoms with Crippen LogP contribution < -0.4 is 10.1 Å². The fourth-order valence-electron chi connectivity index (χ4n) is 4.56. The number of ether oxygens (including phenoxy) is 1. The molecule has 1 heterocycles. The van der Waals surface area contributed by atoms with E-state index in [9.17, 15) is 22.4 Å². The summed E-state index contributed by atoms with van der Waals surface area (Å²) < 4.78 is 57.3. The molecule has 0 spiro atoms. The van der Waals surface area contributed by atoms with Gasteiger partial charge in [0.25, 0.3) is 5.91 Å². The maximum Gasteiger partial charge on any atom is 0.401 e. The molecule has 166 valence electrons. The highest BCUT2D eigenvalue weighted by Gasteiger charge is 2.44. The number of nitrogens with one attached hydrogen (secondary N) is 1. The Kier molecular flexibility index (Phi) is 6.23. The van der Waals surface area contributed by atoms with Crippen molar-refractivity contribution >= 4 is 5.91 Å². The van der Waals surface area contributed by atoms with E-state index < -0.39 is 18.5 Å². The average molecular weight is 428 g/mol. The van der Waals surface area contributed by atoms with E-state index in [4.69, 9.17) is 4.74 Å². The molecule has 0 radical (unpaired) electrons. The van der Waals surface area contributed by atoms with E-state index in [1.807, 2.05) is 0 Å². The zero-order chi connectivity index (χ0) is 21.3. The minimum atomic E-state index is -4.12. The summed E-state index contributed by atoms with van der Waals surface area (Å²) in [7, 11) is 0. The van der Waals surface area contributed by atoms with Crippen molar-refractivity contribution in [3.63, 3.8) is 0 Å². The standard InChI is InChI=1S/C22H28F4N2O2/c23-20-12-17(3-4-18(20)21(29)27-16-1-2-16)30-10-7-15-11-19(15)14-5-8-28(9-6-14)13-22(24,25)26/h3-4,12,14-16,19H,1-2,5-11,13H2,(H,27,29)/t15-,19-/m1/s1. The van der Waals surface area contributed by atoms with E-state index in [0.29, 0.717) is 43.2 Å². The van der Waals surface area contributed by atoms with E-state index in [2.05, 4.69) is 5.32 Å². The van der Waals surface area contributed by atoms with Crippen LogP contribution in [0.1, 0.15) is 48.9 Å². The van der Waals surface area contributed by atoms with Gasteiger partial charge < -0.3 is 10.1 Å². The average Bonchev–Trinajstić information content (AvgIpc) is 3.58. The summed E-state index contributed by atoms with van der Waals surface area (Å²) in [5.74, 6) is 1.06. The first-order chi connectivity index (χ1) is 14.3. The lowest BCUT2D eigenvalue weighted by Crippen LogP contribution is -2.40. The Bertz CT molecular complexity index is 758. The van der Waals surface area contributed by atoms with Crippen molar-refractivity contribution in [1.29, 1.82) is 0 Å². The number of benzene rings is 1. The van der Waals surface area contributed by atoms with Gasteiger partial charge in [-0.3, -0.25) is 9.69 Å². The summed E-state index contributed by atoms with van der Waals surface area (Å²) in [5.41, 5.74) is 0.0355. The Morgan fingerprint density at radius 3 is 2.53 bits per heavy atom. The van der Waals surface area contributed by atoms with Crippen LogP contribution in [0.5, 0.6) is 5.75 Å². The fourth-order valence-corrected chi connectivity index (χ4v) is 4.56. The third kappa shape index (κ3) is 5.86. The van der Waals surface area contributed by atoms with Crippen LogP contribution in [-0.4, -0.2) is 49.3 Å². The number of hydrogen-bond acceptors (Lipinski definition) is 3. The number of carbonyl (C=O) groups is 1. The van der Waals surface area contributed by atoms with Crippen LogP contribution in [-0.2, 0) is 0 Å². The van der Waals surface area contributed by atoms with E-state index >= 15 is 0 Å². The minimum Gasteiger partial charge on any atom is -0.493 e. The van der Waals surface area contributed by atoms with Gasteiger partial charge in [-0.1, -0.05) is 0 Å². The van der Waals surface area contributed by atoms with Crippen molar-refractivity contribution in [2.75, 3.05) is 26.2 Å². The summed E-state index contributed by atoms with van der Waals surface area (Å²) in [6.45, 7) is 0.702. The Morgan fingerprint density at radius 1 is 1.17 bits per heavy atom. The number of carbonyl (C=O) groups excluding carboxylic acids is 1. The molecule has 1 N–H and O–H groups in total. The highest BCUT2D eigenvalue weighted by molar-refractivity contribution is 5.95. The first kappa shape index (κ1) is 21.4. The van der Waals surface area contributed by atoms with Crippen LogP contribution in [0.3, 0.4) is 0 Å². The molecule has 2 aliphatic carbocycles. The summed E-state index contributed by atoms with van der Waals surface area (Å²) >= 11 is 0. The quantitative estimate of drug-likeness (QED) is 0.624. The fraction of sp³-hybridized carbons (Fsp3) is 0.682. The van der Waals surface area contributed by atoms with E-state index in [-0.39, 0.29) is 17.5 Å². The number of halogens is 4. The molecule has 1 saturated heterocycles. The summed E-state index contributed by atoms with van der Waals surface area (Å²) in [6, 6.07) is 4.50. The molecule has 2 saturated carbocycles. The Morgan fingerprint density at radius 2 is 1.90 bits per heavy atom. The normalized spacial score (nSPS) is 25.2. The van der Waals surface area contributed by atoms with Gasteiger partial charge in [-0.2, -0.15) is 13.2 Å². The van der Waals surface area contributed by atoms with Gasteiger partial charge in [0.15, 0.2) is 0 Å². The number of piperidine rings is 1. The van der Waals surface area contributed by atoms with Crippen molar-refractivity contribution in [1.82, 2.24) is 10.2 Å². The van der Waals surface area contributed by atoms with Crippen molar-refractivity contribution < 1.29 is 27.1 Å². The van der Waals surface area contributed by atoms with E-state index in [0.717, 1.165) is 38.5 Å². The number of amides is 1. The minimum absolute atomic E-state index is 0.0355. The van der Waals surface area contributed by atoms with E-state index in [1.54, 1.807) is 6.07 Å². The molecular weight excluding hydrogens is 400 g/mol. The number of alkyl halides is 3. The molecule has 4 rings (SSSR count). The summed E-state index contributed by atoms with van der Waals surface area (Å²) in [5, 5.41) is 2.77. The van der Waals surface area contributed by atoms with Crippen LogP contribution >= 0.6 is 0 Å². The van der Waals surface area contributed by atoms with Crippen LogP contribution in [0, 0.1) is 23.6 Å². The van der Waals surface area contributed by atoms with Gasteiger partial charge >= 0.3 is 6.18 Å². The second-order valence-corrected chi connectivity index (χ2v) is 8.91. The SMILES string of the molecule is O=C(NC1CC1)c1ccc(OCC[C@@H]2C[C@@H]2C2CCN(CC(F)(F)F)CC2)cc1F. The van der Waals surface area contributed by atoms with Crippen molar-refractivity contribution in [3.8, 4) is 5.75 Å². The molecule has 3 fully saturated rings. The predicted octanol–water partition coefficient (Wildman–Crippen LogP) is 4.40. The first-order valence-corrected chi connectivity index (χ1v) is 10.8. The maximum absolute atomic E-state index is 14.2. The molecular formula is C22H28F4N2O2. The monoisotopic (exact) mass is 428 g/mol. The highest BCUT2D eigenvalue weighted by atomic mass is 19.4. The largest absolute Gasteiger partial charge is 0.493 e. The van der Waals surface area contributed by atoms with Crippen LogP contribution in [0.4, 0.5) is 17.6 Å². The van der Waals surface area contributed by atoms with Crippen LogP contribution in [0.25, 0.3) is 0 Å². The maximum atomic E-state index is 14.2. The summed E-state index contributed by atoms with van der Waals surface area (Å²) in [6.07, 6.45) is 1.39. The van der Waals surface area contributed by atoms with Crippen LogP contribution in [0.15, 0.2) is 18.2 Å². The lowest BCUT2D eigenvalue weighted by Gasteiger charge is -2.32. The molecule has 1 aliphatic heterocycles. The molecule has 8 heteroatoms. The molecule has 0 aromatic heterocycles. The number of rotatable bonds is 8. The van der Waals surface area contributed by atoms with Gasteiger partial charge in [0.05, 0.1) is 18.7 Å². The highest BCUT2D eigenvalue weighted by Crippen LogP contribution is 2.49. The zero-order valence-electron chi connectivity index (χ0n) is 16.9. The Hall–Kier alpha value is -1.83. The van der Waals surface area contributed by atoms with Gasteiger partial charge in [0.2, 0.25) is 0 Å². The molecule has 1 aromatic carbocycles. The molecule has 1 aromatic rings. The molecule has 2 atom stereocenters. The van der Waals surface area contributed by atoms with Crippen molar-refractivity contribution in [3.05, 3.63) is 29.6 Å². The van der Waals surface area contributed by atoms with Gasteiger partial charge in [-0.05, 0) is 81.5 Å². The van der Waals surface area contributed by atoms with Crippen molar-refractivity contribution in [2.45, 2.75) is 50.7 Å². The molecule has 0 unspecified atom stereocenters. The number of nitrogens with zero attached hydrogens (tertiary/aromatic N) is 1.